The molecule has 0 aliphatic rings. The largest absolute Gasteiger partial charge is 0.462 e. The number of ether oxygens (including phenoxy) is 2. The van der Waals surface area contributed by atoms with Crippen LogP contribution in [0.4, 0.5) is 39.5 Å². The Bertz CT molecular complexity index is 873. The van der Waals surface area contributed by atoms with Gasteiger partial charge in [-0.05, 0) is 73.6 Å². The fraction of sp³-hybridized carbons (Fsp3) is 0.929. The summed E-state index contributed by atoms with van der Waals surface area (Å²) in [6.45, 7) is 14.4. The summed E-state index contributed by atoms with van der Waals surface area (Å²) in [5.74, 6) is -1.74. The van der Waals surface area contributed by atoms with Crippen LogP contribution in [-0.4, -0.2) is 63.6 Å². The van der Waals surface area contributed by atoms with Gasteiger partial charge in [0.15, 0.2) is 11.2 Å². The molecule has 0 bridgehead atoms. The van der Waals surface area contributed by atoms with Crippen molar-refractivity contribution in [2.45, 2.75) is 151 Å². The number of hydrogen-bond donors (Lipinski definition) is 2. The van der Waals surface area contributed by atoms with Gasteiger partial charge >= 0.3 is 30.5 Å². The van der Waals surface area contributed by atoms with Crippen LogP contribution < -0.4 is 0 Å². The lowest BCUT2D eigenvalue weighted by Crippen LogP contribution is -2.70. The minimum atomic E-state index is -6.06. The maximum atomic E-state index is 12.8. The highest BCUT2D eigenvalue weighted by Crippen LogP contribution is 2.51. The molecule has 0 radical (unpaired) electrons. The van der Waals surface area contributed by atoms with Crippen LogP contribution in [0.5, 0.6) is 0 Å². The van der Waals surface area contributed by atoms with Crippen LogP contribution in [0, 0.1) is 16.7 Å². The molecule has 43 heavy (non-hydrogen) atoms. The molecule has 15 heteroatoms. The molecule has 2 N–H and O–H groups in total. The Morgan fingerprint density at radius 1 is 0.674 bits per heavy atom. The van der Waals surface area contributed by atoms with E-state index in [-0.39, 0.29) is 26.2 Å². The summed E-state index contributed by atoms with van der Waals surface area (Å²) in [5.41, 5.74) is -13.3. The number of rotatable bonds is 11. The summed E-state index contributed by atoms with van der Waals surface area (Å²) in [4.78, 5) is 23.8. The van der Waals surface area contributed by atoms with Crippen LogP contribution in [0.2, 0.25) is 0 Å². The van der Waals surface area contributed by atoms with E-state index in [1.807, 2.05) is 20.8 Å². The lowest BCUT2D eigenvalue weighted by molar-refractivity contribution is -0.408. The number of carbonyl (C=O) groups is 2. The van der Waals surface area contributed by atoms with Crippen LogP contribution in [0.1, 0.15) is 109 Å². The molecule has 6 nitrogen and oxygen atoms in total. The lowest BCUT2D eigenvalue weighted by atomic mass is 9.83. The first kappa shape index (κ1) is 45.7. The van der Waals surface area contributed by atoms with Crippen LogP contribution in [0.25, 0.3) is 0 Å². The van der Waals surface area contributed by atoms with E-state index in [4.69, 9.17) is 4.74 Å². The Morgan fingerprint density at radius 2 is 1.02 bits per heavy atom. The fourth-order valence-electron chi connectivity index (χ4n) is 3.14. The van der Waals surface area contributed by atoms with E-state index in [0.29, 0.717) is 27.2 Å². The van der Waals surface area contributed by atoms with Crippen molar-refractivity contribution in [2.24, 2.45) is 16.7 Å². The van der Waals surface area contributed by atoms with Gasteiger partial charge in [0.05, 0.1) is 10.8 Å². The molecule has 0 aromatic heterocycles. The molecule has 0 aliphatic heterocycles. The highest BCUT2D eigenvalue weighted by molar-refractivity contribution is 5.76. The molecule has 0 aliphatic carbocycles. The molecule has 0 saturated carbocycles. The standard InChI is InChI=1S/C15H27F3O3.C12H18F6O3.CH4/c1-7-13(4,5)12(19)21-11(8-10(2)3)9-14(6,20)15(16,17)18;1-6-8(2,3)7(19)21-9(4,5)10(20,11(13,14)15)12(16,17)18;/h10-11,20H,7-9H2,1-6H3;20H,6H2,1-5H3;1H4. The molecule has 0 rings (SSSR count). The van der Waals surface area contributed by atoms with Gasteiger partial charge < -0.3 is 19.7 Å². The van der Waals surface area contributed by atoms with Gasteiger partial charge in [-0.2, -0.15) is 39.5 Å². The third-order valence-electron chi connectivity index (χ3n) is 7.16. The van der Waals surface area contributed by atoms with Gasteiger partial charge in [-0.15, -0.1) is 0 Å². The third kappa shape index (κ3) is 11.9. The van der Waals surface area contributed by atoms with E-state index in [2.05, 4.69) is 4.74 Å². The van der Waals surface area contributed by atoms with Crippen molar-refractivity contribution < 1.29 is 68.8 Å². The van der Waals surface area contributed by atoms with Gasteiger partial charge in [-0.3, -0.25) is 9.59 Å². The predicted octanol–water partition coefficient (Wildman–Crippen LogP) is 8.32. The van der Waals surface area contributed by atoms with Crippen molar-refractivity contribution in [2.75, 3.05) is 0 Å². The third-order valence-corrected chi connectivity index (χ3v) is 7.16. The quantitative estimate of drug-likeness (QED) is 0.172. The van der Waals surface area contributed by atoms with E-state index in [1.54, 1.807) is 13.8 Å². The van der Waals surface area contributed by atoms with Crippen LogP contribution >= 0.6 is 0 Å². The molecule has 0 aromatic carbocycles. The molecule has 2 unspecified atom stereocenters. The maximum Gasteiger partial charge on any atom is 0.430 e. The second-order valence-corrected chi connectivity index (χ2v) is 12.7. The average molecular weight is 653 g/mol. The number of halogens is 9. The fourth-order valence-corrected chi connectivity index (χ4v) is 3.14. The molecule has 0 heterocycles. The van der Waals surface area contributed by atoms with E-state index in [1.165, 1.54) is 20.8 Å². The van der Waals surface area contributed by atoms with E-state index >= 15 is 0 Å². The monoisotopic (exact) mass is 652 g/mol. The zero-order valence-electron chi connectivity index (χ0n) is 25.9. The summed E-state index contributed by atoms with van der Waals surface area (Å²) in [6, 6.07) is 0. The highest BCUT2D eigenvalue weighted by atomic mass is 19.4. The second-order valence-electron chi connectivity index (χ2n) is 12.7. The number of hydrogen-bond acceptors (Lipinski definition) is 6. The summed E-state index contributed by atoms with van der Waals surface area (Å²) >= 11 is 0. The first-order chi connectivity index (χ1) is 18.2. The molecular formula is C28H49F9O6. The van der Waals surface area contributed by atoms with Gasteiger partial charge in [-0.25, -0.2) is 0 Å². The summed E-state index contributed by atoms with van der Waals surface area (Å²) in [6.07, 6.45) is -17.6. The van der Waals surface area contributed by atoms with Crippen molar-refractivity contribution in [1.82, 2.24) is 0 Å². The topological polar surface area (TPSA) is 93.1 Å². The zero-order chi connectivity index (χ0) is 34.6. The van der Waals surface area contributed by atoms with E-state index in [0.717, 1.165) is 0 Å². The first-order valence-corrected chi connectivity index (χ1v) is 13.3. The van der Waals surface area contributed by atoms with E-state index < -0.39 is 70.6 Å². The number of aliphatic hydroxyl groups is 2. The molecule has 0 fully saturated rings. The Hall–Kier alpha value is -1.77. The zero-order valence-corrected chi connectivity index (χ0v) is 25.9. The summed E-state index contributed by atoms with van der Waals surface area (Å²) in [7, 11) is 0. The smallest absolute Gasteiger partial charge is 0.430 e. The lowest BCUT2D eigenvalue weighted by Gasteiger charge is -2.44. The van der Waals surface area contributed by atoms with Crippen LogP contribution in [0.3, 0.4) is 0 Å². The minimum absolute atomic E-state index is 0. The predicted molar refractivity (Wildman–Crippen MR) is 143 cm³/mol. The summed E-state index contributed by atoms with van der Waals surface area (Å²) in [5, 5.41) is 18.9. The van der Waals surface area contributed by atoms with E-state index in [9.17, 15) is 59.3 Å². The van der Waals surface area contributed by atoms with Gasteiger partial charge in [0.25, 0.3) is 5.60 Å². The van der Waals surface area contributed by atoms with Crippen LogP contribution in [-0.2, 0) is 19.1 Å². The Balaban J connectivity index is -0.000000727. The van der Waals surface area contributed by atoms with Gasteiger partial charge in [0, 0.05) is 6.42 Å². The molecule has 0 spiro atoms. The van der Waals surface area contributed by atoms with Crippen LogP contribution in [0.15, 0.2) is 0 Å². The Labute approximate surface area is 248 Å². The average Bonchev–Trinajstić information content (AvgIpc) is 2.75. The number of carbonyl (C=O) groups excluding carboxylic acids is 2. The normalized spacial score (nSPS) is 15.9. The summed E-state index contributed by atoms with van der Waals surface area (Å²) < 4.78 is 125. The molecule has 0 amide bonds. The van der Waals surface area contributed by atoms with Gasteiger partial charge in [0.1, 0.15) is 6.10 Å². The van der Waals surface area contributed by atoms with Crippen molar-refractivity contribution in [3.63, 3.8) is 0 Å². The SMILES string of the molecule is C.CCC(C)(C)C(=O)OC(C)(C)C(O)(C(F)(F)F)C(F)(F)F.CCC(C)(C)C(=O)OC(CC(C)C)CC(C)(O)C(F)(F)F. The van der Waals surface area contributed by atoms with Gasteiger partial charge in [0.2, 0.25) is 0 Å². The minimum Gasteiger partial charge on any atom is -0.462 e. The number of esters is 2. The van der Waals surface area contributed by atoms with Crippen molar-refractivity contribution in [1.29, 1.82) is 0 Å². The Kier molecular flexibility index (Phi) is 15.9. The number of alkyl halides is 9. The second kappa shape index (κ2) is 15.0. The maximum absolute atomic E-state index is 12.8. The molecule has 260 valence electrons. The highest BCUT2D eigenvalue weighted by Gasteiger charge is 2.78. The van der Waals surface area contributed by atoms with Crippen molar-refractivity contribution in [3.8, 4) is 0 Å². The molecule has 2 atom stereocenters. The van der Waals surface area contributed by atoms with Crippen molar-refractivity contribution >= 4 is 11.9 Å². The molecular weight excluding hydrogens is 603 g/mol. The molecule has 0 aromatic rings. The Morgan fingerprint density at radius 3 is 1.30 bits per heavy atom. The first-order valence-electron chi connectivity index (χ1n) is 13.3. The van der Waals surface area contributed by atoms with Crippen molar-refractivity contribution in [3.05, 3.63) is 0 Å². The van der Waals surface area contributed by atoms with Gasteiger partial charge in [-0.1, -0.05) is 35.1 Å². The molecule has 0 saturated heterocycles.